The van der Waals surface area contributed by atoms with E-state index in [-0.39, 0.29) is 11.3 Å². The standard InChI is InChI=1S/C7H8O3S.C6H13N/c8-11(9,10)6-7-4-2-1-3-5-7;1-6(2,7)5-3-4-5/h1-5H,6H2,(H,8,9,10);5H,3-4,7H2,1-2H3. The molecule has 0 unspecified atom stereocenters. The van der Waals surface area contributed by atoms with Crippen LogP contribution in [0.2, 0.25) is 0 Å². The summed E-state index contributed by atoms with van der Waals surface area (Å²) in [6.07, 6.45) is 2.70. The molecule has 0 aliphatic heterocycles. The summed E-state index contributed by atoms with van der Waals surface area (Å²) >= 11 is 0. The highest BCUT2D eigenvalue weighted by molar-refractivity contribution is 7.85. The molecule has 0 bridgehead atoms. The number of nitrogens with two attached hydrogens (primary N) is 1. The van der Waals surface area contributed by atoms with Gasteiger partial charge >= 0.3 is 0 Å². The van der Waals surface area contributed by atoms with Crippen molar-refractivity contribution in [2.24, 2.45) is 11.7 Å². The van der Waals surface area contributed by atoms with E-state index in [0.717, 1.165) is 5.92 Å². The normalized spacial score (nSPS) is 15.8. The van der Waals surface area contributed by atoms with Gasteiger partial charge in [-0.3, -0.25) is 4.55 Å². The topological polar surface area (TPSA) is 80.4 Å². The highest BCUT2D eigenvalue weighted by atomic mass is 32.2. The van der Waals surface area contributed by atoms with Crippen molar-refractivity contribution in [3.8, 4) is 0 Å². The van der Waals surface area contributed by atoms with Crippen LogP contribution in [0.15, 0.2) is 30.3 Å². The summed E-state index contributed by atoms with van der Waals surface area (Å²) in [6.45, 7) is 4.20. The van der Waals surface area contributed by atoms with E-state index < -0.39 is 10.1 Å². The first-order valence-electron chi connectivity index (χ1n) is 5.96. The molecule has 0 saturated heterocycles. The first kappa shape index (κ1) is 15.1. The summed E-state index contributed by atoms with van der Waals surface area (Å²) in [5, 5.41) is 0. The summed E-state index contributed by atoms with van der Waals surface area (Å²) in [6, 6.07) is 8.52. The average Bonchev–Trinajstić information content (AvgIpc) is 2.98. The van der Waals surface area contributed by atoms with Gasteiger partial charge in [0.15, 0.2) is 0 Å². The number of benzene rings is 1. The smallest absolute Gasteiger partial charge is 0.269 e. The summed E-state index contributed by atoms with van der Waals surface area (Å²) in [5.74, 6) is 0.515. The molecular weight excluding hydrogens is 250 g/mol. The quantitative estimate of drug-likeness (QED) is 0.826. The maximum atomic E-state index is 10.4. The SMILES string of the molecule is CC(C)(N)C1CC1.O=S(=O)(O)Cc1ccccc1. The van der Waals surface area contributed by atoms with Crippen molar-refractivity contribution in [3.05, 3.63) is 35.9 Å². The van der Waals surface area contributed by atoms with E-state index in [1.54, 1.807) is 30.3 Å². The molecule has 2 rings (SSSR count). The summed E-state index contributed by atoms with van der Waals surface area (Å²) in [4.78, 5) is 0. The molecule has 4 nitrogen and oxygen atoms in total. The van der Waals surface area contributed by atoms with Gasteiger partial charge in [0.05, 0.1) is 0 Å². The van der Waals surface area contributed by atoms with Crippen LogP contribution in [0.3, 0.4) is 0 Å². The Morgan fingerprint density at radius 3 is 2.06 bits per heavy atom. The zero-order valence-electron chi connectivity index (χ0n) is 10.8. The zero-order valence-corrected chi connectivity index (χ0v) is 11.7. The fourth-order valence-corrected chi connectivity index (χ4v) is 2.23. The van der Waals surface area contributed by atoms with E-state index in [2.05, 4.69) is 13.8 Å². The van der Waals surface area contributed by atoms with Crippen molar-refractivity contribution in [1.82, 2.24) is 0 Å². The van der Waals surface area contributed by atoms with Crippen molar-refractivity contribution >= 4 is 10.1 Å². The van der Waals surface area contributed by atoms with Gasteiger partial charge in [0, 0.05) is 5.54 Å². The molecule has 0 radical (unpaired) electrons. The predicted octanol–water partition coefficient (Wildman–Crippen LogP) is 2.21. The number of hydrogen-bond donors (Lipinski definition) is 2. The second-order valence-electron chi connectivity index (χ2n) is 5.31. The molecule has 0 heterocycles. The maximum absolute atomic E-state index is 10.4. The lowest BCUT2D eigenvalue weighted by molar-refractivity contribution is 0.452. The molecule has 0 spiro atoms. The van der Waals surface area contributed by atoms with Crippen LogP contribution in [0.4, 0.5) is 0 Å². The molecule has 3 N–H and O–H groups in total. The first-order chi connectivity index (χ1) is 8.18. The molecule has 1 aliphatic carbocycles. The van der Waals surface area contributed by atoms with Gasteiger partial charge in [-0.1, -0.05) is 30.3 Å². The van der Waals surface area contributed by atoms with Crippen molar-refractivity contribution < 1.29 is 13.0 Å². The molecule has 1 aromatic rings. The molecule has 0 atom stereocenters. The summed E-state index contributed by atoms with van der Waals surface area (Å²) < 4.78 is 29.2. The molecule has 0 amide bonds. The molecular formula is C13H21NO3S. The van der Waals surface area contributed by atoms with Crippen LogP contribution < -0.4 is 5.73 Å². The Morgan fingerprint density at radius 1 is 1.28 bits per heavy atom. The van der Waals surface area contributed by atoms with Crippen LogP contribution >= 0.6 is 0 Å². The molecule has 1 fully saturated rings. The predicted molar refractivity (Wildman–Crippen MR) is 72.7 cm³/mol. The largest absolute Gasteiger partial charge is 0.325 e. The van der Waals surface area contributed by atoms with Crippen LogP contribution in [-0.4, -0.2) is 18.5 Å². The van der Waals surface area contributed by atoms with Crippen LogP contribution in [0.1, 0.15) is 32.3 Å². The van der Waals surface area contributed by atoms with Gasteiger partial charge in [-0.25, -0.2) is 0 Å². The van der Waals surface area contributed by atoms with Gasteiger partial charge < -0.3 is 5.73 Å². The van der Waals surface area contributed by atoms with E-state index >= 15 is 0 Å². The molecule has 102 valence electrons. The van der Waals surface area contributed by atoms with Crippen molar-refractivity contribution in [1.29, 1.82) is 0 Å². The Balaban J connectivity index is 0.000000199. The van der Waals surface area contributed by atoms with Gasteiger partial charge in [0.2, 0.25) is 0 Å². The second kappa shape index (κ2) is 5.82. The monoisotopic (exact) mass is 271 g/mol. The number of hydrogen-bond acceptors (Lipinski definition) is 3. The summed E-state index contributed by atoms with van der Waals surface area (Å²) in [5.41, 5.74) is 6.44. The summed E-state index contributed by atoms with van der Waals surface area (Å²) in [7, 11) is -3.88. The highest BCUT2D eigenvalue weighted by Gasteiger charge is 2.33. The highest BCUT2D eigenvalue weighted by Crippen LogP contribution is 2.37. The van der Waals surface area contributed by atoms with Gasteiger partial charge in [-0.15, -0.1) is 0 Å². The Labute approximate surface area is 109 Å². The van der Waals surface area contributed by atoms with E-state index in [0.29, 0.717) is 5.56 Å². The molecule has 1 aromatic carbocycles. The van der Waals surface area contributed by atoms with Gasteiger partial charge in [0.25, 0.3) is 10.1 Å². The van der Waals surface area contributed by atoms with Crippen LogP contribution in [-0.2, 0) is 15.9 Å². The van der Waals surface area contributed by atoms with Crippen LogP contribution in [0.5, 0.6) is 0 Å². The lowest BCUT2D eigenvalue weighted by Gasteiger charge is -2.15. The van der Waals surface area contributed by atoms with Gasteiger partial charge in [-0.2, -0.15) is 8.42 Å². The number of rotatable bonds is 3. The molecule has 0 aromatic heterocycles. The minimum atomic E-state index is -3.88. The van der Waals surface area contributed by atoms with Crippen molar-refractivity contribution in [2.75, 3.05) is 0 Å². The Bertz CT molecular complexity index is 459. The van der Waals surface area contributed by atoms with E-state index in [4.69, 9.17) is 10.3 Å². The average molecular weight is 271 g/mol. The molecule has 18 heavy (non-hydrogen) atoms. The first-order valence-corrected chi connectivity index (χ1v) is 7.57. The fraction of sp³-hybridized carbons (Fsp3) is 0.538. The molecule has 1 aliphatic rings. The lowest BCUT2D eigenvalue weighted by Crippen LogP contribution is -2.34. The molecule has 5 heteroatoms. The zero-order chi connectivity index (χ0) is 13.8. The van der Waals surface area contributed by atoms with Gasteiger partial charge in [0.1, 0.15) is 5.75 Å². The Hall–Kier alpha value is -0.910. The van der Waals surface area contributed by atoms with Crippen molar-refractivity contribution in [3.63, 3.8) is 0 Å². The van der Waals surface area contributed by atoms with E-state index in [1.807, 2.05) is 0 Å². The van der Waals surface area contributed by atoms with Gasteiger partial charge in [-0.05, 0) is 38.2 Å². The Morgan fingerprint density at radius 2 is 1.78 bits per heavy atom. The van der Waals surface area contributed by atoms with Crippen LogP contribution in [0.25, 0.3) is 0 Å². The van der Waals surface area contributed by atoms with Crippen molar-refractivity contribution in [2.45, 2.75) is 38.0 Å². The third kappa shape index (κ3) is 6.74. The minimum Gasteiger partial charge on any atom is -0.325 e. The lowest BCUT2D eigenvalue weighted by atomic mass is 10.0. The third-order valence-corrected chi connectivity index (χ3v) is 3.52. The Kier molecular flexibility index (Phi) is 4.90. The van der Waals surface area contributed by atoms with Crippen LogP contribution in [0, 0.1) is 5.92 Å². The molecule has 1 saturated carbocycles. The van der Waals surface area contributed by atoms with E-state index in [1.165, 1.54) is 12.8 Å². The fourth-order valence-electron chi connectivity index (χ4n) is 1.61. The minimum absolute atomic E-state index is 0.111. The third-order valence-electron chi connectivity index (χ3n) is 2.82. The van der Waals surface area contributed by atoms with E-state index in [9.17, 15) is 8.42 Å². The maximum Gasteiger partial charge on any atom is 0.269 e. The second-order valence-corrected chi connectivity index (χ2v) is 6.76.